The smallest absolute Gasteiger partial charge is 0.129 e. The van der Waals surface area contributed by atoms with Crippen LogP contribution in [0.5, 0.6) is 0 Å². The number of hydrogen-bond donors (Lipinski definition) is 2. The first-order chi connectivity index (χ1) is 10.6. The van der Waals surface area contributed by atoms with Crippen molar-refractivity contribution in [3.05, 3.63) is 0 Å². The highest BCUT2D eigenvalue weighted by Gasteiger charge is 2.28. The van der Waals surface area contributed by atoms with Gasteiger partial charge in [0.2, 0.25) is 0 Å². The van der Waals surface area contributed by atoms with E-state index >= 15 is 0 Å². The van der Waals surface area contributed by atoms with Crippen LogP contribution >= 0.6 is 0 Å². The zero-order valence-electron chi connectivity index (χ0n) is 14.3. The molecule has 0 radical (unpaired) electrons. The average molecular weight is 313 g/mol. The first-order valence-corrected chi connectivity index (χ1v) is 9.19. The molecule has 0 aromatic carbocycles. The highest BCUT2D eigenvalue weighted by atomic mass is 16.3. The lowest BCUT2D eigenvalue weighted by molar-refractivity contribution is -0.117. The molecule has 0 aromatic rings. The van der Waals surface area contributed by atoms with Gasteiger partial charge in [0.1, 0.15) is 12.0 Å². The van der Waals surface area contributed by atoms with Gasteiger partial charge in [-0.25, -0.2) is 0 Å². The van der Waals surface area contributed by atoms with Gasteiger partial charge in [0.15, 0.2) is 0 Å². The Hall–Kier alpha value is -0.450. The molecule has 2 atom stereocenters. The molecule has 1 aliphatic heterocycles. The lowest BCUT2D eigenvalue weighted by Crippen LogP contribution is -2.40. The third-order valence-corrected chi connectivity index (χ3v) is 4.76. The number of nitrogens with zero attached hydrogens (tertiary/aromatic N) is 1. The van der Waals surface area contributed by atoms with E-state index in [0.29, 0.717) is 5.78 Å². The molecular formula is C18H35NO3. The summed E-state index contributed by atoms with van der Waals surface area (Å²) in [5, 5.41) is 19.5. The van der Waals surface area contributed by atoms with E-state index in [4.69, 9.17) is 0 Å². The van der Waals surface area contributed by atoms with E-state index in [-0.39, 0.29) is 18.9 Å². The summed E-state index contributed by atoms with van der Waals surface area (Å²) in [6, 6.07) is 0.171. The normalized spacial score (nSPS) is 20.4. The number of rotatable bonds is 13. The Kier molecular flexibility index (Phi) is 10.7. The minimum Gasteiger partial charge on any atom is -0.395 e. The van der Waals surface area contributed by atoms with Crippen LogP contribution in [-0.4, -0.2) is 46.3 Å². The predicted molar refractivity (Wildman–Crippen MR) is 89.7 cm³/mol. The van der Waals surface area contributed by atoms with Crippen molar-refractivity contribution in [2.75, 3.05) is 13.2 Å². The zero-order chi connectivity index (χ0) is 16.2. The number of Topliss-reactive ketones (excluding diaryl/α,β-unsaturated/α-hetero) is 1. The molecule has 0 aromatic heterocycles. The van der Waals surface area contributed by atoms with Gasteiger partial charge in [-0.05, 0) is 39.0 Å². The molecule has 0 aliphatic carbocycles. The Bertz CT molecular complexity index is 296. The van der Waals surface area contributed by atoms with Crippen LogP contribution in [-0.2, 0) is 4.79 Å². The van der Waals surface area contributed by atoms with Gasteiger partial charge < -0.3 is 15.0 Å². The van der Waals surface area contributed by atoms with Crippen LogP contribution in [0.4, 0.5) is 0 Å². The number of unbranched alkanes of at least 4 members (excludes halogenated alkanes) is 7. The second kappa shape index (κ2) is 12.0. The molecule has 22 heavy (non-hydrogen) atoms. The molecule has 0 bridgehead atoms. The van der Waals surface area contributed by atoms with Crippen LogP contribution in [0.2, 0.25) is 0 Å². The van der Waals surface area contributed by atoms with Gasteiger partial charge in [0.25, 0.3) is 0 Å². The number of aliphatic hydroxyl groups excluding tert-OH is 2. The lowest BCUT2D eigenvalue weighted by atomic mass is 10.1. The monoisotopic (exact) mass is 313 g/mol. The van der Waals surface area contributed by atoms with E-state index in [9.17, 15) is 15.0 Å². The summed E-state index contributed by atoms with van der Waals surface area (Å²) in [6.07, 6.45) is 12.8. The third kappa shape index (κ3) is 8.25. The SMILES string of the molecule is CC(=O)CCCCCCCCCCC(O)N1CCCC1CO. The number of hydrogen-bond acceptors (Lipinski definition) is 4. The molecule has 1 saturated heterocycles. The Morgan fingerprint density at radius 1 is 1.09 bits per heavy atom. The lowest BCUT2D eigenvalue weighted by Gasteiger charge is -2.28. The molecule has 1 heterocycles. The number of aliphatic hydroxyl groups is 2. The van der Waals surface area contributed by atoms with E-state index in [2.05, 4.69) is 4.90 Å². The summed E-state index contributed by atoms with van der Waals surface area (Å²) in [5.74, 6) is 0.306. The zero-order valence-corrected chi connectivity index (χ0v) is 14.3. The van der Waals surface area contributed by atoms with Crippen molar-refractivity contribution in [3.8, 4) is 0 Å². The fourth-order valence-electron chi connectivity index (χ4n) is 3.37. The minimum atomic E-state index is -0.369. The summed E-state index contributed by atoms with van der Waals surface area (Å²) in [4.78, 5) is 12.9. The average Bonchev–Trinajstić information content (AvgIpc) is 2.97. The highest BCUT2D eigenvalue weighted by Crippen LogP contribution is 2.21. The Morgan fingerprint density at radius 2 is 1.68 bits per heavy atom. The fourth-order valence-corrected chi connectivity index (χ4v) is 3.37. The highest BCUT2D eigenvalue weighted by molar-refractivity contribution is 5.75. The van der Waals surface area contributed by atoms with E-state index in [1.165, 1.54) is 38.5 Å². The second-order valence-electron chi connectivity index (χ2n) is 6.77. The van der Waals surface area contributed by atoms with Crippen molar-refractivity contribution in [3.63, 3.8) is 0 Å². The standard InChI is InChI=1S/C18H35NO3/c1-16(21)11-8-6-4-2-3-5-7-9-13-18(22)19-14-10-12-17(19)15-20/h17-18,20,22H,2-15H2,1H3. The van der Waals surface area contributed by atoms with E-state index < -0.39 is 0 Å². The maximum absolute atomic E-state index is 10.8. The fraction of sp³-hybridized carbons (Fsp3) is 0.944. The van der Waals surface area contributed by atoms with Crippen molar-refractivity contribution < 1.29 is 15.0 Å². The Labute approximate surface area is 135 Å². The largest absolute Gasteiger partial charge is 0.395 e. The molecule has 1 fully saturated rings. The van der Waals surface area contributed by atoms with Crippen molar-refractivity contribution in [2.45, 2.75) is 96.2 Å². The van der Waals surface area contributed by atoms with Gasteiger partial charge in [-0.1, -0.05) is 38.5 Å². The van der Waals surface area contributed by atoms with Crippen molar-refractivity contribution in [1.29, 1.82) is 0 Å². The summed E-state index contributed by atoms with van der Waals surface area (Å²) in [7, 11) is 0. The van der Waals surface area contributed by atoms with Gasteiger partial charge in [-0.3, -0.25) is 4.90 Å². The van der Waals surface area contributed by atoms with Crippen LogP contribution in [0.1, 0.15) is 84.0 Å². The summed E-state index contributed by atoms with van der Waals surface area (Å²) in [5.41, 5.74) is 0. The molecule has 2 unspecified atom stereocenters. The van der Waals surface area contributed by atoms with Gasteiger partial charge >= 0.3 is 0 Å². The molecule has 4 heteroatoms. The summed E-state index contributed by atoms with van der Waals surface area (Å²) < 4.78 is 0. The van der Waals surface area contributed by atoms with Gasteiger partial charge in [0.05, 0.1) is 6.61 Å². The topological polar surface area (TPSA) is 60.8 Å². The van der Waals surface area contributed by atoms with Crippen molar-refractivity contribution in [1.82, 2.24) is 4.90 Å². The van der Waals surface area contributed by atoms with Crippen molar-refractivity contribution >= 4 is 5.78 Å². The molecule has 0 amide bonds. The maximum Gasteiger partial charge on any atom is 0.129 e. The number of ketones is 1. The quantitative estimate of drug-likeness (QED) is 0.512. The number of carbonyl (C=O) groups excluding carboxylic acids is 1. The molecule has 1 rings (SSSR count). The summed E-state index contributed by atoms with van der Waals surface area (Å²) in [6.45, 7) is 2.76. The van der Waals surface area contributed by atoms with Crippen molar-refractivity contribution in [2.24, 2.45) is 0 Å². The number of carbonyl (C=O) groups is 1. The molecule has 0 saturated carbocycles. The van der Waals surface area contributed by atoms with Crippen LogP contribution in [0.3, 0.4) is 0 Å². The van der Waals surface area contributed by atoms with E-state index in [1.54, 1.807) is 6.92 Å². The van der Waals surface area contributed by atoms with Gasteiger partial charge in [-0.2, -0.15) is 0 Å². The van der Waals surface area contributed by atoms with E-state index in [0.717, 1.165) is 45.1 Å². The molecule has 4 nitrogen and oxygen atoms in total. The first-order valence-electron chi connectivity index (χ1n) is 9.19. The molecule has 1 aliphatic rings. The van der Waals surface area contributed by atoms with Gasteiger partial charge in [0, 0.05) is 19.0 Å². The molecule has 0 spiro atoms. The van der Waals surface area contributed by atoms with Gasteiger partial charge in [-0.15, -0.1) is 0 Å². The van der Waals surface area contributed by atoms with E-state index in [1.807, 2.05) is 0 Å². The Morgan fingerprint density at radius 3 is 2.27 bits per heavy atom. The molecule has 2 N–H and O–H groups in total. The van der Waals surface area contributed by atoms with Crippen LogP contribution in [0.25, 0.3) is 0 Å². The predicted octanol–water partition coefficient (Wildman–Crippen LogP) is 3.25. The second-order valence-corrected chi connectivity index (χ2v) is 6.77. The third-order valence-electron chi connectivity index (χ3n) is 4.76. The molecular weight excluding hydrogens is 278 g/mol. The molecule has 130 valence electrons. The van der Waals surface area contributed by atoms with Crippen LogP contribution in [0, 0.1) is 0 Å². The van der Waals surface area contributed by atoms with Crippen LogP contribution < -0.4 is 0 Å². The minimum absolute atomic E-state index is 0.167. The summed E-state index contributed by atoms with van der Waals surface area (Å²) >= 11 is 0. The van der Waals surface area contributed by atoms with Crippen LogP contribution in [0.15, 0.2) is 0 Å². The first kappa shape index (κ1) is 19.6. The maximum atomic E-state index is 10.8. The number of likely N-dealkylation sites (tertiary alicyclic amines) is 1. The Balaban J connectivity index is 1.89.